The number of fused-ring (bicyclic) bond motifs is 2. The molecule has 3 aromatic heterocycles. The highest BCUT2D eigenvalue weighted by Crippen LogP contribution is 2.34. The van der Waals surface area contributed by atoms with Crippen molar-refractivity contribution in [3.63, 3.8) is 0 Å². The van der Waals surface area contributed by atoms with Gasteiger partial charge in [-0.25, -0.2) is 4.98 Å². The topological polar surface area (TPSA) is 68.7 Å². The molecule has 0 aliphatic rings. The Morgan fingerprint density at radius 2 is 2.00 bits per heavy atom. The van der Waals surface area contributed by atoms with E-state index < -0.39 is 0 Å². The second-order valence-corrected chi connectivity index (χ2v) is 8.31. The molecule has 0 unspecified atom stereocenters. The quantitative estimate of drug-likeness (QED) is 0.288. The summed E-state index contributed by atoms with van der Waals surface area (Å²) in [6, 6.07) is 17.1. The maximum atomic E-state index is 13.7. The van der Waals surface area contributed by atoms with Crippen LogP contribution in [0.5, 0.6) is 5.75 Å². The Morgan fingerprint density at radius 3 is 2.78 bits per heavy atom. The van der Waals surface area contributed by atoms with Crippen LogP contribution in [-0.4, -0.2) is 17.5 Å². The molecule has 5 aromatic rings. The van der Waals surface area contributed by atoms with E-state index in [9.17, 15) is 4.79 Å². The number of hydrogen-bond donors (Lipinski definition) is 0. The molecular formula is C25H22N2O4S. The molecular weight excluding hydrogens is 424 g/mol. The molecule has 7 heteroatoms. The first-order valence-electron chi connectivity index (χ1n) is 10.6. The number of furan rings is 2. The summed E-state index contributed by atoms with van der Waals surface area (Å²) >= 11 is 1.48. The maximum absolute atomic E-state index is 13.7. The van der Waals surface area contributed by atoms with Gasteiger partial charge in [-0.05, 0) is 49.2 Å². The largest absolute Gasteiger partial charge is 0.490 e. The summed E-state index contributed by atoms with van der Waals surface area (Å²) in [4.78, 5) is 20.1. The van der Waals surface area contributed by atoms with Crippen molar-refractivity contribution in [2.24, 2.45) is 0 Å². The van der Waals surface area contributed by atoms with Gasteiger partial charge in [-0.3, -0.25) is 9.69 Å². The third kappa shape index (κ3) is 3.65. The summed E-state index contributed by atoms with van der Waals surface area (Å²) in [5.41, 5.74) is 2.64. The third-order valence-electron chi connectivity index (χ3n) is 5.26. The third-order valence-corrected chi connectivity index (χ3v) is 6.30. The molecule has 3 heterocycles. The Labute approximate surface area is 189 Å². The van der Waals surface area contributed by atoms with Gasteiger partial charge < -0.3 is 13.6 Å². The van der Waals surface area contributed by atoms with Crippen LogP contribution in [0.1, 0.15) is 35.7 Å². The second-order valence-electron chi connectivity index (χ2n) is 7.30. The van der Waals surface area contributed by atoms with E-state index in [1.165, 1.54) is 11.3 Å². The number of rotatable bonds is 7. The predicted molar refractivity (Wildman–Crippen MR) is 126 cm³/mol. The number of benzene rings is 2. The molecule has 0 saturated carbocycles. The van der Waals surface area contributed by atoms with Gasteiger partial charge in [0.15, 0.2) is 22.2 Å². The van der Waals surface area contributed by atoms with Crippen LogP contribution in [0.25, 0.3) is 21.2 Å². The fourth-order valence-electron chi connectivity index (χ4n) is 3.72. The lowest BCUT2D eigenvalue weighted by molar-refractivity contribution is 0.0958. The van der Waals surface area contributed by atoms with Gasteiger partial charge in [-0.2, -0.15) is 0 Å². The smallest absolute Gasteiger partial charge is 0.296 e. The molecule has 0 aliphatic carbocycles. The zero-order valence-corrected chi connectivity index (χ0v) is 18.6. The number of anilines is 1. The summed E-state index contributed by atoms with van der Waals surface area (Å²) in [6.07, 6.45) is 2.47. The fourth-order valence-corrected chi connectivity index (χ4v) is 4.73. The summed E-state index contributed by atoms with van der Waals surface area (Å²) in [7, 11) is 0. The van der Waals surface area contributed by atoms with Crippen molar-refractivity contribution >= 4 is 43.6 Å². The van der Waals surface area contributed by atoms with Crippen LogP contribution in [0.15, 0.2) is 69.7 Å². The summed E-state index contributed by atoms with van der Waals surface area (Å²) < 4.78 is 18.2. The first-order chi connectivity index (χ1) is 15.7. The summed E-state index contributed by atoms with van der Waals surface area (Å²) in [6.45, 7) is 4.78. The molecule has 0 spiro atoms. The Bertz CT molecular complexity index is 1380. The first-order valence-corrected chi connectivity index (χ1v) is 11.4. The van der Waals surface area contributed by atoms with E-state index in [2.05, 4.69) is 13.0 Å². The molecule has 1 amide bonds. The minimum atomic E-state index is -0.280. The molecule has 0 fully saturated rings. The Morgan fingerprint density at radius 1 is 1.12 bits per heavy atom. The normalized spacial score (nSPS) is 11.3. The Hall–Kier alpha value is -3.58. The fraction of sp³-hybridized carbons (Fsp3) is 0.200. The highest BCUT2D eigenvalue weighted by atomic mass is 32.1. The van der Waals surface area contributed by atoms with Gasteiger partial charge >= 0.3 is 0 Å². The molecule has 0 N–H and O–H groups in total. The van der Waals surface area contributed by atoms with Crippen molar-refractivity contribution in [2.45, 2.75) is 26.8 Å². The Balaban J connectivity index is 1.59. The molecule has 0 radical (unpaired) electrons. The number of nitrogens with zero attached hydrogens (tertiary/aromatic N) is 2. The van der Waals surface area contributed by atoms with Crippen molar-refractivity contribution in [3.8, 4) is 5.75 Å². The predicted octanol–water partition coefficient (Wildman–Crippen LogP) is 6.44. The summed E-state index contributed by atoms with van der Waals surface area (Å²) in [5.74, 6) is 1.24. The van der Waals surface area contributed by atoms with Crippen LogP contribution >= 0.6 is 11.3 Å². The number of hydrogen-bond acceptors (Lipinski definition) is 6. The number of aromatic nitrogens is 1. The zero-order chi connectivity index (χ0) is 22.1. The Kier molecular flexibility index (Phi) is 5.41. The van der Waals surface area contributed by atoms with E-state index in [1.807, 2.05) is 43.3 Å². The van der Waals surface area contributed by atoms with Gasteiger partial charge in [0, 0.05) is 5.39 Å². The number of aryl methyl sites for hydroxylation is 1. The minimum absolute atomic E-state index is 0.230. The molecule has 162 valence electrons. The lowest BCUT2D eigenvalue weighted by Crippen LogP contribution is -2.29. The van der Waals surface area contributed by atoms with Gasteiger partial charge in [0.2, 0.25) is 0 Å². The van der Waals surface area contributed by atoms with E-state index in [1.54, 1.807) is 23.3 Å². The monoisotopic (exact) mass is 446 g/mol. The summed E-state index contributed by atoms with van der Waals surface area (Å²) in [5, 5.41) is 1.42. The van der Waals surface area contributed by atoms with E-state index in [0.29, 0.717) is 28.8 Å². The average molecular weight is 447 g/mol. The van der Waals surface area contributed by atoms with Gasteiger partial charge in [0.25, 0.3) is 5.91 Å². The van der Waals surface area contributed by atoms with Crippen LogP contribution in [0.4, 0.5) is 5.13 Å². The van der Waals surface area contributed by atoms with E-state index in [4.69, 9.17) is 18.6 Å². The molecule has 6 nitrogen and oxygen atoms in total. The van der Waals surface area contributed by atoms with Crippen molar-refractivity contribution < 1.29 is 18.4 Å². The lowest BCUT2D eigenvalue weighted by Gasteiger charge is -2.17. The molecule has 0 atom stereocenters. The number of thiazole rings is 1. The van der Waals surface area contributed by atoms with Gasteiger partial charge in [0.1, 0.15) is 5.76 Å². The number of carbonyl (C=O) groups is 1. The van der Waals surface area contributed by atoms with Crippen molar-refractivity contribution in [3.05, 3.63) is 77.9 Å². The van der Waals surface area contributed by atoms with Crippen LogP contribution in [0.2, 0.25) is 0 Å². The van der Waals surface area contributed by atoms with Gasteiger partial charge in [-0.15, -0.1) is 0 Å². The van der Waals surface area contributed by atoms with Gasteiger partial charge in [0.05, 0.1) is 29.6 Å². The molecule has 0 bridgehead atoms. The average Bonchev–Trinajstić information content (AvgIpc) is 3.56. The molecule has 2 aromatic carbocycles. The molecule has 32 heavy (non-hydrogen) atoms. The van der Waals surface area contributed by atoms with E-state index >= 15 is 0 Å². The lowest BCUT2D eigenvalue weighted by atomic mass is 10.1. The number of ether oxygens (including phenoxy) is 1. The molecule has 0 aliphatic heterocycles. The number of amides is 1. The van der Waals surface area contributed by atoms with Crippen LogP contribution in [0, 0.1) is 0 Å². The number of carbonyl (C=O) groups excluding carboxylic acids is 1. The standard InChI is InChI=1S/C25H22N2O4S/c1-3-16-8-6-12-21-22(16)26-25(32-21)27(15-18-10-7-13-30-18)24(28)20-14-17-9-5-11-19(29-4-2)23(17)31-20/h5-14H,3-4,15H2,1-2H3. The van der Waals surface area contributed by atoms with Gasteiger partial charge in [-0.1, -0.05) is 42.5 Å². The second kappa shape index (κ2) is 8.51. The van der Waals surface area contributed by atoms with Crippen LogP contribution in [-0.2, 0) is 13.0 Å². The SMILES string of the molecule is CCOc1cccc2cc(C(=O)N(Cc3ccco3)c3nc4c(CC)cccc4s3)oc12. The minimum Gasteiger partial charge on any atom is -0.490 e. The number of para-hydroxylation sites is 2. The first kappa shape index (κ1) is 20.3. The van der Waals surface area contributed by atoms with Crippen molar-refractivity contribution in [1.29, 1.82) is 0 Å². The highest BCUT2D eigenvalue weighted by Gasteiger charge is 2.26. The van der Waals surface area contributed by atoms with E-state index in [0.717, 1.165) is 27.6 Å². The van der Waals surface area contributed by atoms with Crippen LogP contribution < -0.4 is 9.64 Å². The molecule has 0 saturated heterocycles. The molecule has 5 rings (SSSR count). The highest BCUT2D eigenvalue weighted by molar-refractivity contribution is 7.22. The van der Waals surface area contributed by atoms with Crippen molar-refractivity contribution in [2.75, 3.05) is 11.5 Å². The van der Waals surface area contributed by atoms with E-state index in [-0.39, 0.29) is 18.2 Å². The van der Waals surface area contributed by atoms with Crippen LogP contribution in [0.3, 0.4) is 0 Å². The maximum Gasteiger partial charge on any atom is 0.296 e. The zero-order valence-electron chi connectivity index (χ0n) is 17.8. The van der Waals surface area contributed by atoms with Crippen molar-refractivity contribution in [1.82, 2.24) is 4.98 Å².